The van der Waals surface area contributed by atoms with E-state index in [9.17, 15) is 9.59 Å². The van der Waals surface area contributed by atoms with Gasteiger partial charge >= 0.3 is 5.97 Å². The largest absolute Gasteiger partial charge is 0.457 e. The van der Waals surface area contributed by atoms with Gasteiger partial charge in [0.15, 0.2) is 0 Å². The number of fused-ring (bicyclic) bond motifs is 1. The highest BCUT2D eigenvalue weighted by molar-refractivity contribution is 5.94. The first-order chi connectivity index (χ1) is 15.0. The van der Waals surface area contributed by atoms with Crippen molar-refractivity contribution in [3.63, 3.8) is 0 Å². The van der Waals surface area contributed by atoms with Crippen LogP contribution in [0.25, 0.3) is 5.82 Å². The quantitative estimate of drug-likeness (QED) is 0.655. The Balaban J connectivity index is 1.32. The number of hydrogen-bond donors (Lipinski definition) is 1. The number of cyclic esters (lactones) is 1. The number of nitrogens with zero attached hydrogens (tertiary/aromatic N) is 4. The van der Waals surface area contributed by atoms with Crippen LogP contribution in [-0.2, 0) is 22.7 Å². The van der Waals surface area contributed by atoms with Gasteiger partial charge in [-0.05, 0) is 42.7 Å². The average molecular weight is 417 g/mol. The number of hydrogen-bond acceptors (Lipinski definition) is 6. The van der Waals surface area contributed by atoms with Crippen molar-refractivity contribution in [3.8, 4) is 5.82 Å². The summed E-state index contributed by atoms with van der Waals surface area (Å²) in [5, 5.41) is 3.09. The second-order valence-electron chi connectivity index (χ2n) is 8.12. The van der Waals surface area contributed by atoms with Crippen LogP contribution in [0.3, 0.4) is 0 Å². The Morgan fingerprint density at radius 2 is 2.03 bits per heavy atom. The van der Waals surface area contributed by atoms with Gasteiger partial charge in [-0.25, -0.2) is 14.8 Å². The zero-order valence-corrected chi connectivity index (χ0v) is 17.5. The highest BCUT2D eigenvalue weighted by Crippen LogP contribution is 2.30. The van der Waals surface area contributed by atoms with E-state index in [-0.39, 0.29) is 17.9 Å². The fourth-order valence-corrected chi connectivity index (χ4v) is 4.32. The van der Waals surface area contributed by atoms with Crippen molar-refractivity contribution in [3.05, 3.63) is 76.5 Å². The van der Waals surface area contributed by atoms with Crippen LogP contribution in [0.15, 0.2) is 43.0 Å². The van der Waals surface area contributed by atoms with Crippen molar-refractivity contribution in [1.82, 2.24) is 24.8 Å². The van der Waals surface area contributed by atoms with E-state index in [0.29, 0.717) is 31.8 Å². The summed E-state index contributed by atoms with van der Waals surface area (Å²) in [6, 6.07) is 7.59. The topological polar surface area (TPSA) is 89.4 Å². The number of rotatable bonds is 4. The second-order valence-corrected chi connectivity index (χ2v) is 8.12. The number of carbonyl (C=O) groups is 2. The smallest absolute Gasteiger partial charge is 0.338 e. The maximum Gasteiger partial charge on any atom is 0.338 e. The van der Waals surface area contributed by atoms with Gasteiger partial charge in [0.2, 0.25) is 5.91 Å². The Kier molecular flexibility index (Phi) is 4.78. The summed E-state index contributed by atoms with van der Waals surface area (Å²) >= 11 is 0. The van der Waals surface area contributed by atoms with Gasteiger partial charge in [0.25, 0.3) is 0 Å². The third-order valence-electron chi connectivity index (χ3n) is 5.92. The molecule has 2 aliphatic rings. The van der Waals surface area contributed by atoms with E-state index in [1.807, 2.05) is 49.0 Å². The number of aryl methyl sites for hydroxylation is 1. The standard InChI is InChI=1S/C23H23N5O3/c1-14-8-28(13-25-14)21-6-3-16(7-24-21)9-27-10-20(26-22(29)11-27)17-4-5-18-19(15(17)2)12-31-23(18)30/h3-8,13,20H,9-12H2,1-2H3,(H,26,29). The zero-order valence-electron chi connectivity index (χ0n) is 17.5. The van der Waals surface area contributed by atoms with Crippen LogP contribution in [0.1, 0.15) is 44.3 Å². The predicted octanol–water partition coefficient (Wildman–Crippen LogP) is 2.23. The van der Waals surface area contributed by atoms with Crippen LogP contribution in [0, 0.1) is 13.8 Å². The van der Waals surface area contributed by atoms with Crippen molar-refractivity contribution in [2.75, 3.05) is 13.1 Å². The number of pyridine rings is 1. The number of esters is 1. The van der Waals surface area contributed by atoms with E-state index < -0.39 is 0 Å². The van der Waals surface area contributed by atoms with Gasteiger partial charge in [-0.1, -0.05) is 12.1 Å². The van der Waals surface area contributed by atoms with E-state index in [2.05, 4.69) is 20.2 Å². The Hall–Kier alpha value is -3.52. The summed E-state index contributed by atoms with van der Waals surface area (Å²) in [6.45, 7) is 5.88. The molecule has 0 spiro atoms. The molecule has 0 saturated carbocycles. The maximum absolute atomic E-state index is 12.4. The molecule has 3 aromatic rings. The van der Waals surface area contributed by atoms with Gasteiger partial charge in [-0.3, -0.25) is 14.3 Å². The minimum absolute atomic E-state index is 0.0121. The van der Waals surface area contributed by atoms with Crippen LogP contribution >= 0.6 is 0 Å². The molecule has 1 N–H and O–H groups in total. The SMILES string of the molecule is Cc1cn(-c2ccc(CN3CC(=O)NC(c4ccc5c(c4C)COC5=O)C3)cn2)cn1. The number of nitrogens with one attached hydrogen (secondary N) is 1. The molecule has 0 aliphatic carbocycles. The molecule has 1 aromatic carbocycles. The lowest BCUT2D eigenvalue weighted by atomic mass is 9.93. The van der Waals surface area contributed by atoms with Gasteiger partial charge in [0.05, 0.1) is 23.8 Å². The number of benzene rings is 1. The fourth-order valence-electron chi connectivity index (χ4n) is 4.32. The Labute approximate surface area is 179 Å². The highest BCUT2D eigenvalue weighted by atomic mass is 16.5. The number of aromatic nitrogens is 3. The van der Waals surface area contributed by atoms with Crippen LogP contribution < -0.4 is 5.32 Å². The number of amides is 1. The number of ether oxygens (including phenoxy) is 1. The van der Waals surface area contributed by atoms with E-state index in [4.69, 9.17) is 4.74 Å². The summed E-state index contributed by atoms with van der Waals surface area (Å²) in [7, 11) is 0. The van der Waals surface area contributed by atoms with Crippen molar-refractivity contribution in [2.24, 2.45) is 0 Å². The minimum atomic E-state index is -0.277. The second kappa shape index (κ2) is 7.63. The molecule has 1 saturated heterocycles. The zero-order chi connectivity index (χ0) is 21.5. The van der Waals surface area contributed by atoms with Crippen molar-refractivity contribution < 1.29 is 14.3 Å². The Morgan fingerprint density at radius 3 is 2.77 bits per heavy atom. The number of imidazole rings is 1. The van der Waals surface area contributed by atoms with E-state index in [0.717, 1.165) is 33.8 Å². The molecule has 1 fully saturated rings. The summed E-state index contributed by atoms with van der Waals surface area (Å²) in [5.74, 6) is 0.520. The molecule has 31 heavy (non-hydrogen) atoms. The van der Waals surface area contributed by atoms with Crippen molar-refractivity contribution >= 4 is 11.9 Å². The lowest BCUT2D eigenvalue weighted by Crippen LogP contribution is -2.49. The molecule has 8 heteroatoms. The molecule has 2 aliphatic heterocycles. The van der Waals surface area contributed by atoms with Crippen molar-refractivity contribution in [1.29, 1.82) is 0 Å². The molecular formula is C23H23N5O3. The van der Waals surface area contributed by atoms with E-state index in [1.54, 1.807) is 12.4 Å². The molecule has 1 unspecified atom stereocenters. The molecule has 5 rings (SSSR count). The molecule has 2 aromatic heterocycles. The normalized spacial score (nSPS) is 18.6. The minimum Gasteiger partial charge on any atom is -0.457 e. The monoisotopic (exact) mass is 417 g/mol. The third kappa shape index (κ3) is 3.70. The predicted molar refractivity (Wildman–Crippen MR) is 113 cm³/mol. The first kappa shape index (κ1) is 19.4. The third-order valence-corrected chi connectivity index (χ3v) is 5.92. The molecule has 158 valence electrons. The first-order valence-corrected chi connectivity index (χ1v) is 10.2. The lowest BCUT2D eigenvalue weighted by molar-refractivity contribution is -0.125. The summed E-state index contributed by atoms with van der Waals surface area (Å²) in [4.78, 5) is 35.1. The van der Waals surface area contributed by atoms with Gasteiger partial charge < -0.3 is 10.1 Å². The molecule has 4 heterocycles. The molecule has 1 amide bonds. The maximum atomic E-state index is 12.4. The van der Waals surface area contributed by atoms with Crippen molar-refractivity contribution in [2.45, 2.75) is 33.0 Å². The molecule has 1 atom stereocenters. The van der Waals surface area contributed by atoms with Crippen LogP contribution in [0.5, 0.6) is 0 Å². The van der Waals surface area contributed by atoms with Crippen LogP contribution in [-0.4, -0.2) is 44.4 Å². The Morgan fingerprint density at radius 1 is 1.16 bits per heavy atom. The Bertz CT molecular complexity index is 1170. The average Bonchev–Trinajstić information content (AvgIpc) is 3.35. The van der Waals surface area contributed by atoms with Gasteiger partial charge in [-0.15, -0.1) is 0 Å². The number of carbonyl (C=O) groups excluding carboxylic acids is 2. The lowest BCUT2D eigenvalue weighted by Gasteiger charge is -2.34. The first-order valence-electron chi connectivity index (χ1n) is 10.2. The van der Waals surface area contributed by atoms with Crippen LogP contribution in [0.2, 0.25) is 0 Å². The molecular weight excluding hydrogens is 394 g/mol. The fraction of sp³-hybridized carbons (Fsp3) is 0.304. The van der Waals surface area contributed by atoms with E-state index >= 15 is 0 Å². The molecule has 8 nitrogen and oxygen atoms in total. The molecule has 0 bridgehead atoms. The van der Waals surface area contributed by atoms with E-state index in [1.165, 1.54) is 0 Å². The highest BCUT2D eigenvalue weighted by Gasteiger charge is 2.30. The molecule has 0 radical (unpaired) electrons. The van der Waals surface area contributed by atoms with Gasteiger partial charge in [0.1, 0.15) is 18.8 Å². The van der Waals surface area contributed by atoms with Gasteiger partial charge in [-0.2, -0.15) is 0 Å². The summed E-state index contributed by atoms with van der Waals surface area (Å²) < 4.78 is 7.04. The summed E-state index contributed by atoms with van der Waals surface area (Å²) in [5.41, 5.74) is 5.56. The number of piperazine rings is 1. The summed E-state index contributed by atoms with van der Waals surface area (Å²) in [6.07, 6.45) is 5.52. The van der Waals surface area contributed by atoms with Gasteiger partial charge in [0, 0.05) is 31.0 Å². The van der Waals surface area contributed by atoms with Crippen LogP contribution in [0.4, 0.5) is 0 Å².